The van der Waals surface area contributed by atoms with Crippen LogP contribution in [0, 0.1) is 0 Å². The van der Waals surface area contributed by atoms with Gasteiger partial charge in [-0.05, 0) is 23.8 Å². The summed E-state index contributed by atoms with van der Waals surface area (Å²) in [6.45, 7) is 0.582. The van der Waals surface area contributed by atoms with Crippen molar-refractivity contribution in [3.05, 3.63) is 66.1 Å². The van der Waals surface area contributed by atoms with Gasteiger partial charge < -0.3 is 14.9 Å². The Balaban J connectivity index is 1.38. The van der Waals surface area contributed by atoms with Gasteiger partial charge in [0, 0.05) is 37.1 Å². The van der Waals surface area contributed by atoms with Crippen molar-refractivity contribution >= 4 is 27.8 Å². The molecule has 0 aliphatic heterocycles. The summed E-state index contributed by atoms with van der Waals surface area (Å²) in [5.74, 6) is 1.01. The van der Waals surface area contributed by atoms with Crippen LogP contribution in [0.4, 0.5) is 0 Å². The maximum Gasteiger partial charge on any atom is 0.224 e. The van der Waals surface area contributed by atoms with Crippen LogP contribution in [0.3, 0.4) is 0 Å². The summed E-state index contributed by atoms with van der Waals surface area (Å²) >= 11 is 0. The van der Waals surface area contributed by atoms with E-state index < -0.39 is 0 Å². The molecule has 2 aromatic carbocycles. The van der Waals surface area contributed by atoms with Crippen molar-refractivity contribution in [2.75, 3.05) is 6.54 Å². The predicted octanol–water partition coefficient (Wildman–Crippen LogP) is 2.96. The van der Waals surface area contributed by atoms with Crippen LogP contribution >= 0.6 is 0 Å². The molecule has 0 aliphatic carbocycles. The van der Waals surface area contributed by atoms with Crippen molar-refractivity contribution in [2.24, 2.45) is 7.05 Å². The van der Waals surface area contributed by atoms with E-state index in [-0.39, 0.29) is 5.91 Å². The van der Waals surface area contributed by atoms with Crippen LogP contribution in [0.5, 0.6) is 0 Å². The van der Waals surface area contributed by atoms with Crippen LogP contribution in [0.25, 0.3) is 21.9 Å². The largest absolute Gasteiger partial charge is 0.361 e. The van der Waals surface area contributed by atoms with Crippen LogP contribution in [0.1, 0.15) is 11.4 Å². The molecular weight excluding hydrogens is 312 g/mol. The van der Waals surface area contributed by atoms with Crippen molar-refractivity contribution < 1.29 is 4.79 Å². The number of amides is 1. The minimum absolute atomic E-state index is 0.0310. The van der Waals surface area contributed by atoms with E-state index in [1.165, 1.54) is 0 Å². The number of aryl methyl sites for hydroxylation is 1. The number of H-pyrrole nitrogens is 1. The number of fused-ring (bicyclic) bond motifs is 2. The molecule has 0 bridgehead atoms. The van der Waals surface area contributed by atoms with Crippen molar-refractivity contribution in [1.29, 1.82) is 0 Å². The number of hydrogen-bond acceptors (Lipinski definition) is 2. The molecule has 0 radical (unpaired) electrons. The molecule has 2 heterocycles. The van der Waals surface area contributed by atoms with Gasteiger partial charge in [0.1, 0.15) is 5.82 Å². The molecular formula is C20H20N4O. The number of aromatic nitrogens is 3. The number of aromatic amines is 1. The van der Waals surface area contributed by atoms with Crippen LogP contribution < -0.4 is 5.32 Å². The average molecular weight is 332 g/mol. The van der Waals surface area contributed by atoms with Gasteiger partial charge in [-0.1, -0.05) is 30.3 Å². The van der Waals surface area contributed by atoms with Crippen LogP contribution in [0.15, 0.2) is 54.7 Å². The SMILES string of the molecule is Cn1c(CCNC(=O)Cc2c[nH]c3ccccc23)nc2ccccc21. The highest BCUT2D eigenvalue weighted by atomic mass is 16.1. The Kier molecular flexibility index (Phi) is 3.98. The molecule has 5 heteroatoms. The van der Waals surface area contributed by atoms with E-state index in [1.807, 2.05) is 55.7 Å². The summed E-state index contributed by atoms with van der Waals surface area (Å²) in [5.41, 5.74) is 4.19. The molecule has 0 saturated carbocycles. The van der Waals surface area contributed by atoms with Gasteiger partial charge in [-0.25, -0.2) is 4.98 Å². The Bertz CT molecular complexity index is 1040. The average Bonchev–Trinajstić information content (AvgIpc) is 3.17. The molecule has 2 aromatic heterocycles. The first kappa shape index (κ1) is 15.4. The fraction of sp³-hybridized carbons (Fsp3) is 0.200. The molecule has 25 heavy (non-hydrogen) atoms. The predicted molar refractivity (Wildman–Crippen MR) is 99.4 cm³/mol. The highest BCUT2D eigenvalue weighted by Crippen LogP contribution is 2.18. The molecule has 126 valence electrons. The molecule has 0 spiro atoms. The maximum atomic E-state index is 12.2. The van der Waals surface area contributed by atoms with Gasteiger partial charge in [0.15, 0.2) is 0 Å². The minimum Gasteiger partial charge on any atom is -0.361 e. The summed E-state index contributed by atoms with van der Waals surface area (Å²) < 4.78 is 2.08. The normalized spacial score (nSPS) is 11.2. The van der Waals surface area contributed by atoms with E-state index in [0.29, 0.717) is 19.4 Å². The first-order valence-electron chi connectivity index (χ1n) is 8.44. The first-order chi connectivity index (χ1) is 12.2. The number of nitrogens with one attached hydrogen (secondary N) is 2. The summed E-state index contributed by atoms with van der Waals surface area (Å²) in [7, 11) is 2.01. The quantitative estimate of drug-likeness (QED) is 0.590. The lowest BCUT2D eigenvalue weighted by Gasteiger charge is -2.05. The Morgan fingerprint density at radius 3 is 2.84 bits per heavy atom. The number of nitrogens with zero attached hydrogens (tertiary/aromatic N) is 2. The number of carbonyl (C=O) groups is 1. The topological polar surface area (TPSA) is 62.7 Å². The Hall–Kier alpha value is -3.08. The highest BCUT2D eigenvalue weighted by Gasteiger charge is 2.10. The Labute approximate surface area is 145 Å². The second-order valence-corrected chi connectivity index (χ2v) is 6.21. The van der Waals surface area contributed by atoms with Crippen LogP contribution in [-0.4, -0.2) is 27.0 Å². The summed E-state index contributed by atoms with van der Waals surface area (Å²) in [6, 6.07) is 16.1. The summed E-state index contributed by atoms with van der Waals surface area (Å²) in [6.07, 6.45) is 3.01. The molecule has 4 aromatic rings. The van der Waals surface area contributed by atoms with Gasteiger partial charge in [-0.2, -0.15) is 0 Å². The standard InChI is InChI=1S/C20H20N4O/c1-24-18-9-5-4-8-17(18)23-19(24)10-11-21-20(25)12-14-13-22-16-7-3-2-6-15(14)16/h2-9,13,22H,10-12H2,1H3,(H,21,25). The lowest BCUT2D eigenvalue weighted by molar-refractivity contribution is -0.120. The second kappa shape index (κ2) is 6.43. The van der Waals surface area contributed by atoms with E-state index in [9.17, 15) is 4.79 Å². The van der Waals surface area contributed by atoms with E-state index in [4.69, 9.17) is 0 Å². The van der Waals surface area contributed by atoms with Crippen molar-refractivity contribution in [3.63, 3.8) is 0 Å². The van der Waals surface area contributed by atoms with Gasteiger partial charge in [0.05, 0.1) is 17.5 Å². The number of rotatable bonds is 5. The minimum atomic E-state index is 0.0310. The molecule has 0 saturated heterocycles. The fourth-order valence-corrected chi connectivity index (χ4v) is 3.25. The summed E-state index contributed by atoms with van der Waals surface area (Å²) in [4.78, 5) is 20.1. The van der Waals surface area contributed by atoms with Crippen molar-refractivity contribution in [3.8, 4) is 0 Å². The zero-order valence-corrected chi connectivity index (χ0v) is 14.1. The van der Waals surface area contributed by atoms with Gasteiger partial charge in [-0.15, -0.1) is 0 Å². The van der Waals surface area contributed by atoms with Gasteiger partial charge in [0.25, 0.3) is 0 Å². The molecule has 1 amide bonds. The molecule has 0 fully saturated rings. The number of hydrogen-bond donors (Lipinski definition) is 2. The lowest BCUT2D eigenvalue weighted by atomic mass is 10.1. The molecule has 2 N–H and O–H groups in total. The van der Waals surface area contributed by atoms with Gasteiger partial charge in [-0.3, -0.25) is 4.79 Å². The van der Waals surface area contributed by atoms with E-state index in [1.54, 1.807) is 0 Å². The van der Waals surface area contributed by atoms with Gasteiger partial charge >= 0.3 is 0 Å². The number of para-hydroxylation sites is 3. The van der Waals surface area contributed by atoms with Gasteiger partial charge in [0.2, 0.25) is 5.91 Å². The molecule has 0 unspecified atom stereocenters. The third-order valence-electron chi connectivity index (χ3n) is 4.58. The smallest absolute Gasteiger partial charge is 0.224 e. The molecule has 4 rings (SSSR count). The van der Waals surface area contributed by atoms with E-state index in [2.05, 4.69) is 25.9 Å². The number of carbonyl (C=O) groups excluding carboxylic acids is 1. The first-order valence-corrected chi connectivity index (χ1v) is 8.44. The van der Waals surface area contributed by atoms with Crippen LogP contribution in [-0.2, 0) is 24.7 Å². The third kappa shape index (κ3) is 3.01. The molecule has 0 atom stereocenters. The lowest BCUT2D eigenvalue weighted by Crippen LogP contribution is -2.27. The zero-order valence-electron chi connectivity index (χ0n) is 14.1. The molecule has 5 nitrogen and oxygen atoms in total. The number of benzene rings is 2. The van der Waals surface area contributed by atoms with Crippen molar-refractivity contribution in [2.45, 2.75) is 12.8 Å². The third-order valence-corrected chi connectivity index (χ3v) is 4.58. The fourth-order valence-electron chi connectivity index (χ4n) is 3.25. The number of imidazole rings is 1. The second-order valence-electron chi connectivity index (χ2n) is 6.21. The Morgan fingerprint density at radius 1 is 1.16 bits per heavy atom. The monoisotopic (exact) mass is 332 g/mol. The van der Waals surface area contributed by atoms with E-state index in [0.717, 1.165) is 33.3 Å². The van der Waals surface area contributed by atoms with Crippen LogP contribution in [0.2, 0.25) is 0 Å². The molecule has 0 aliphatic rings. The Morgan fingerprint density at radius 2 is 1.96 bits per heavy atom. The highest BCUT2D eigenvalue weighted by molar-refractivity contribution is 5.88. The zero-order chi connectivity index (χ0) is 17.2. The van der Waals surface area contributed by atoms with E-state index >= 15 is 0 Å². The maximum absolute atomic E-state index is 12.2. The van der Waals surface area contributed by atoms with Crippen molar-refractivity contribution in [1.82, 2.24) is 19.9 Å². The summed E-state index contributed by atoms with van der Waals surface area (Å²) in [5, 5.41) is 4.10.